The van der Waals surface area contributed by atoms with Gasteiger partial charge in [0, 0.05) is 6.07 Å². The monoisotopic (exact) mass is 126 g/mol. The van der Waals surface area contributed by atoms with Crippen molar-refractivity contribution in [2.75, 3.05) is 0 Å². The molecule has 48 valence electrons. The van der Waals surface area contributed by atoms with Crippen LogP contribution in [0.1, 0.15) is 5.69 Å². The lowest BCUT2D eigenvalue weighted by Gasteiger charge is -1.85. The van der Waals surface area contributed by atoms with E-state index < -0.39 is 0 Å². The lowest BCUT2D eigenvalue weighted by molar-refractivity contribution is 1.04. The zero-order valence-electron chi connectivity index (χ0n) is 4.56. The first-order valence-electron chi connectivity index (χ1n) is 2.32. The average molecular weight is 126 g/mol. The molecule has 1 aromatic rings. The van der Waals surface area contributed by atoms with Gasteiger partial charge in [0.25, 0.3) is 5.56 Å². The molecule has 5 heteroatoms. The third-order valence-corrected chi connectivity index (χ3v) is 0.886. The van der Waals surface area contributed by atoms with Gasteiger partial charge in [-0.2, -0.15) is 0 Å². The summed E-state index contributed by atoms with van der Waals surface area (Å²) in [5, 5.41) is 11.5. The predicted molar refractivity (Wildman–Crippen MR) is 32.4 cm³/mol. The first-order chi connectivity index (χ1) is 4.20. The first kappa shape index (κ1) is 5.61. The summed E-state index contributed by atoms with van der Waals surface area (Å²) < 4.78 is 0. The smallest absolute Gasteiger partial charge is 0.264 e. The lowest BCUT2D eigenvalue weighted by atomic mass is 10.4. The minimum Gasteiger partial charge on any atom is -0.382 e. The van der Waals surface area contributed by atoms with Gasteiger partial charge in [0.05, 0.1) is 0 Å². The molecule has 0 aliphatic heterocycles. The van der Waals surface area contributed by atoms with Crippen LogP contribution in [0, 0.1) is 5.41 Å². The Labute approximate surface area is 50.4 Å². The highest BCUT2D eigenvalue weighted by atomic mass is 16.1. The van der Waals surface area contributed by atoms with Crippen molar-refractivity contribution < 1.29 is 0 Å². The van der Waals surface area contributed by atoms with Crippen LogP contribution in [0.25, 0.3) is 0 Å². The van der Waals surface area contributed by atoms with Crippen molar-refractivity contribution in [1.29, 1.82) is 5.41 Å². The Balaban J connectivity index is 3.12. The first-order valence-corrected chi connectivity index (χ1v) is 2.32. The van der Waals surface area contributed by atoms with Crippen LogP contribution in [0.3, 0.4) is 0 Å². The van der Waals surface area contributed by atoms with Gasteiger partial charge in [-0.3, -0.25) is 20.4 Å². The van der Waals surface area contributed by atoms with E-state index in [-0.39, 0.29) is 11.4 Å². The standard InChI is InChI=1S/C4H6N4O/c5-4(6)2-1-3(9)8-7-2/h1H,(H3,5,6)(H2,7,8,9). The summed E-state index contributed by atoms with van der Waals surface area (Å²) >= 11 is 0. The van der Waals surface area contributed by atoms with Gasteiger partial charge < -0.3 is 5.73 Å². The highest BCUT2D eigenvalue weighted by Gasteiger charge is 1.95. The van der Waals surface area contributed by atoms with E-state index in [0.29, 0.717) is 5.69 Å². The summed E-state index contributed by atoms with van der Waals surface area (Å²) in [6.45, 7) is 0. The molecular weight excluding hydrogens is 120 g/mol. The number of aromatic amines is 2. The van der Waals surface area contributed by atoms with E-state index >= 15 is 0 Å². The number of hydrogen-bond donors (Lipinski definition) is 4. The minimum absolute atomic E-state index is 0.145. The molecule has 1 aromatic heterocycles. The van der Waals surface area contributed by atoms with Crippen molar-refractivity contribution in [2.45, 2.75) is 0 Å². The van der Waals surface area contributed by atoms with E-state index in [9.17, 15) is 4.79 Å². The van der Waals surface area contributed by atoms with Crippen LogP contribution in [-0.4, -0.2) is 16.0 Å². The number of nitrogen functional groups attached to an aromatic ring is 1. The Kier molecular flexibility index (Phi) is 1.11. The molecule has 0 spiro atoms. The topological polar surface area (TPSA) is 98.5 Å². The number of hydrogen-bond acceptors (Lipinski definition) is 2. The van der Waals surface area contributed by atoms with Gasteiger partial charge in [-0.15, -0.1) is 0 Å². The molecular formula is C4H6N4O. The van der Waals surface area contributed by atoms with Gasteiger partial charge in [0.1, 0.15) is 11.5 Å². The number of H-pyrrole nitrogens is 2. The molecule has 0 aliphatic carbocycles. The fourth-order valence-electron chi connectivity index (χ4n) is 0.477. The van der Waals surface area contributed by atoms with E-state index in [2.05, 4.69) is 10.2 Å². The lowest BCUT2D eigenvalue weighted by Crippen LogP contribution is -2.11. The normalized spacial score (nSPS) is 9.33. The highest BCUT2D eigenvalue weighted by molar-refractivity contribution is 5.92. The zero-order valence-corrected chi connectivity index (χ0v) is 4.56. The maximum absolute atomic E-state index is 10.4. The number of aromatic nitrogens is 2. The molecule has 0 amide bonds. The summed E-state index contributed by atoms with van der Waals surface area (Å²) in [5.74, 6) is -0.145. The van der Waals surface area contributed by atoms with Gasteiger partial charge >= 0.3 is 0 Å². The fraction of sp³-hybridized carbons (Fsp3) is 0. The second-order valence-electron chi connectivity index (χ2n) is 1.59. The van der Waals surface area contributed by atoms with E-state index in [1.807, 2.05) is 0 Å². The van der Waals surface area contributed by atoms with Crippen LogP contribution in [-0.2, 0) is 0 Å². The Morgan fingerprint density at radius 1 is 1.67 bits per heavy atom. The molecule has 0 aliphatic rings. The van der Waals surface area contributed by atoms with Crippen molar-refractivity contribution in [2.24, 2.45) is 5.73 Å². The maximum Gasteiger partial charge on any atom is 0.264 e. The quantitative estimate of drug-likeness (QED) is 0.286. The Morgan fingerprint density at radius 2 is 2.33 bits per heavy atom. The van der Waals surface area contributed by atoms with Crippen molar-refractivity contribution in [1.82, 2.24) is 10.2 Å². The summed E-state index contributed by atoms with van der Waals surface area (Å²) in [7, 11) is 0. The van der Waals surface area contributed by atoms with Crippen molar-refractivity contribution in [3.05, 3.63) is 22.1 Å². The largest absolute Gasteiger partial charge is 0.382 e. The van der Waals surface area contributed by atoms with E-state index in [0.717, 1.165) is 0 Å². The SMILES string of the molecule is N=C(N)c1cc(=O)[nH][nH]1. The second kappa shape index (κ2) is 1.77. The summed E-state index contributed by atoms with van der Waals surface area (Å²) in [6.07, 6.45) is 0. The third-order valence-electron chi connectivity index (χ3n) is 0.886. The number of nitrogens with two attached hydrogens (primary N) is 1. The average Bonchev–Trinajstić information content (AvgIpc) is 2.14. The predicted octanol–water partition coefficient (Wildman–Crippen LogP) is -1.01. The van der Waals surface area contributed by atoms with E-state index in [4.69, 9.17) is 11.1 Å². The fourth-order valence-corrected chi connectivity index (χ4v) is 0.477. The molecule has 0 bridgehead atoms. The Bertz CT molecular complexity index is 270. The molecule has 0 atom stereocenters. The number of rotatable bonds is 1. The van der Waals surface area contributed by atoms with Crippen molar-refractivity contribution in [3.63, 3.8) is 0 Å². The van der Waals surface area contributed by atoms with Crippen LogP contribution in [0.2, 0.25) is 0 Å². The van der Waals surface area contributed by atoms with Crippen LogP contribution in [0.4, 0.5) is 0 Å². The highest BCUT2D eigenvalue weighted by Crippen LogP contribution is 1.81. The zero-order chi connectivity index (χ0) is 6.85. The van der Waals surface area contributed by atoms with Crippen LogP contribution >= 0.6 is 0 Å². The second-order valence-corrected chi connectivity index (χ2v) is 1.59. The van der Waals surface area contributed by atoms with Gasteiger partial charge in [-0.1, -0.05) is 0 Å². The molecule has 0 fully saturated rings. The number of amidine groups is 1. The van der Waals surface area contributed by atoms with Gasteiger partial charge in [0.15, 0.2) is 0 Å². The minimum atomic E-state index is -0.278. The molecule has 1 heterocycles. The molecule has 5 nitrogen and oxygen atoms in total. The molecule has 0 radical (unpaired) electrons. The van der Waals surface area contributed by atoms with Crippen molar-refractivity contribution >= 4 is 5.84 Å². The Hall–Kier alpha value is -1.52. The molecule has 0 saturated carbocycles. The summed E-state index contributed by atoms with van der Waals surface area (Å²) in [6, 6.07) is 1.22. The molecule has 0 aromatic carbocycles. The summed E-state index contributed by atoms with van der Waals surface area (Å²) in [4.78, 5) is 10.4. The van der Waals surface area contributed by atoms with Crippen LogP contribution < -0.4 is 11.3 Å². The molecule has 5 N–H and O–H groups in total. The van der Waals surface area contributed by atoms with Crippen LogP contribution in [0.5, 0.6) is 0 Å². The van der Waals surface area contributed by atoms with Gasteiger partial charge in [-0.25, -0.2) is 0 Å². The van der Waals surface area contributed by atoms with Crippen molar-refractivity contribution in [3.8, 4) is 0 Å². The Morgan fingerprint density at radius 3 is 2.56 bits per heavy atom. The van der Waals surface area contributed by atoms with E-state index in [1.165, 1.54) is 6.07 Å². The van der Waals surface area contributed by atoms with Gasteiger partial charge in [0.2, 0.25) is 0 Å². The molecule has 9 heavy (non-hydrogen) atoms. The van der Waals surface area contributed by atoms with Crippen LogP contribution in [0.15, 0.2) is 10.9 Å². The maximum atomic E-state index is 10.4. The summed E-state index contributed by atoms with van der Waals surface area (Å²) in [5.41, 5.74) is 5.06. The third kappa shape index (κ3) is 0.987. The number of nitrogens with one attached hydrogen (secondary N) is 3. The molecule has 1 rings (SSSR count). The van der Waals surface area contributed by atoms with Gasteiger partial charge in [-0.05, 0) is 0 Å². The van der Waals surface area contributed by atoms with E-state index in [1.54, 1.807) is 0 Å². The molecule has 0 unspecified atom stereocenters. The molecule has 0 saturated heterocycles.